The maximum absolute atomic E-state index is 13.1. The Morgan fingerprint density at radius 1 is 1.06 bits per heavy atom. The summed E-state index contributed by atoms with van der Waals surface area (Å²) in [5.41, 5.74) is 2.48. The number of halogens is 1. The number of carbonyl (C=O) groups is 1. The molecule has 2 aromatic rings. The van der Waals surface area contributed by atoms with Gasteiger partial charge in [-0.05, 0) is 23.8 Å². The first kappa shape index (κ1) is 22.6. The third kappa shape index (κ3) is 4.45. The average molecular weight is 488 g/mol. The number of methoxy groups -OCH3 is 2. The van der Waals surface area contributed by atoms with Crippen molar-refractivity contribution < 1.29 is 28.6 Å². The van der Waals surface area contributed by atoms with Crippen molar-refractivity contribution in [2.75, 3.05) is 47.2 Å². The van der Waals surface area contributed by atoms with Gasteiger partial charge in [-0.15, -0.1) is 0 Å². The van der Waals surface area contributed by atoms with E-state index in [1.165, 1.54) is 0 Å². The third-order valence-electron chi connectivity index (χ3n) is 6.26. The van der Waals surface area contributed by atoms with Crippen LogP contribution in [0.1, 0.15) is 17.5 Å². The Morgan fingerprint density at radius 3 is 2.59 bits per heavy atom. The van der Waals surface area contributed by atoms with Gasteiger partial charge in [0.05, 0.1) is 25.0 Å². The highest BCUT2D eigenvalue weighted by Gasteiger charge is 2.35. The van der Waals surface area contributed by atoms with Gasteiger partial charge in [-0.3, -0.25) is 9.69 Å². The molecule has 0 radical (unpaired) electrons. The van der Waals surface area contributed by atoms with E-state index in [1.54, 1.807) is 26.4 Å². The van der Waals surface area contributed by atoms with Gasteiger partial charge >= 0.3 is 0 Å². The summed E-state index contributed by atoms with van der Waals surface area (Å²) >= 11 is 6.29. The SMILES string of the molecule is COc1cc(OC)c(C2=NOC(C(=O)N3CCN(Cc4ccc5c(c4)OCO5)CC3)C2)cc1Cl. The number of rotatable bonds is 6. The largest absolute Gasteiger partial charge is 0.496 e. The Balaban J connectivity index is 1.16. The highest BCUT2D eigenvalue weighted by atomic mass is 35.5. The number of amides is 1. The Hall–Kier alpha value is -3.17. The van der Waals surface area contributed by atoms with Crippen LogP contribution in [0.4, 0.5) is 0 Å². The number of hydrogen-bond donors (Lipinski definition) is 0. The van der Waals surface area contributed by atoms with Crippen LogP contribution in [0, 0.1) is 0 Å². The molecule has 10 heteroatoms. The van der Waals surface area contributed by atoms with E-state index < -0.39 is 6.10 Å². The number of benzene rings is 2. The summed E-state index contributed by atoms with van der Waals surface area (Å²) in [6.07, 6.45) is -0.295. The van der Waals surface area contributed by atoms with Crippen molar-refractivity contribution in [3.63, 3.8) is 0 Å². The molecule has 3 aliphatic heterocycles. The monoisotopic (exact) mass is 487 g/mol. The quantitative estimate of drug-likeness (QED) is 0.619. The van der Waals surface area contributed by atoms with Crippen molar-refractivity contribution in [3.8, 4) is 23.0 Å². The van der Waals surface area contributed by atoms with E-state index in [4.69, 9.17) is 35.4 Å². The maximum Gasteiger partial charge on any atom is 0.266 e. The van der Waals surface area contributed by atoms with E-state index in [0.717, 1.165) is 36.7 Å². The number of oxime groups is 1. The van der Waals surface area contributed by atoms with Crippen LogP contribution in [0.15, 0.2) is 35.5 Å². The zero-order valence-electron chi connectivity index (χ0n) is 19.1. The van der Waals surface area contributed by atoms with Crippen molar-refractivity contribution in [1.29, 1.82) is 0 Å². The van der Waals surface area contributed by atoms with Crippen molar-refractivity contribution in [2.24, 2.45) is 5.16 Å². The van der Waals surface area contributed by atoms with Gasteiger partial charge in [0, 0.05) is 50.8 Å². The summed E-state index contributed by atoms with van der Waals surface area (Å²) in [7, 11) is 3.11. The molecular formula is C24H26ClN3O6. The Bertz CT molecular complexity index is 1120. The summed E-state index contributed by atoms with van der Waals surface area (Å²) in [5.74, 6) is 2.59. The number of nitrogens with zero attached hydrogens (tertiary/aromatic N) is 3. The Kier molecular flexibility index (Phi) is 6.38. The molecule has 1 fully saturated rings. The highest BCUT2D eigenvalue weighted by molar-refractivity contribution is 6.32. The molecule has 1 amide bonds. The van der Waals surface area contributed by atoms with Gasteiger partial charge in [-0.25, -0.2) is 0 Å². The Morgan fingerprint density at radius 2 is 1.82 bits per heavy atom. The van der Waals surface area contributed by atoms with E-state index in [1.807, 2.05) is 17.0 Å². The summed E-state index contributed by atoms with van der Waals surface area (Å²) in [4.78, 5) is 22.8. The first-order chi connectivity index (χ1) is 16.6. The molecule has 0 aromatic heterocycles. The molecule has 0 spiro atoms. The second kappa shape index (κ2) is 9.60. The van der Waals surface area contributed by atoms with Gasteiger partial charge in [-0.2, -0.15) is 0 Å². The van der Waals surface area contributed by atoms with Crippen LogP contribution < -0.4 is 18.9 Å². The Labute approximate surface area is 202 Å². The van der Waals surface area contributed by atoms with Crippen molar-refractivity contribution in [1.82, 2.24) is 9.80 Å². The van der Waals surface area contributed by atoms with Crippen LogP contribution in [-0.4, -0.2) is 74.7 Å². The standard InChI is InChI=1S/C24H26ClN3O6/c1-30-20-12-21(31-2)17(25)10-16(20)18-11-23(34-26-18)24(29)28-7-5-27(6-8-28)13-15-3-4-19-22(9-15)33-14-32-19/h3-4,9-10,12,23H,5-8,11,13-14H2,1-2H3. The van der Waals surface area contributed by atoms with Gasteiger partial charge in [0.1, 0.15) is 11.5 Å². The van der Waals surface area contributed by atoms with Gasteiger partial charge in [0.25, 0.3) is 5.91 Å². The highest BCUT2D eigenvalue weighted by Crippen LogP contribution is 2.35. The lowest BCUT2D eigenvalue weighted by atomic mass is 10.0. The van der Waals surface area contributed by atoms with E-state index in [2.05, 4.69) is 16.1 Å². The zero-order valence-corrected chi connectivity index (χ0v) is 19.8. The molecule has 0 N–H and O–H groups in total. The number of hydrogen-bond acceptors (Lipinski definition) is 8. The fourth-order valence-electron chi connectivity index (χ4n) is 4.38. The molecule has 0 saturated carbocycles. The normalized spacial score (nSPS) is 19.6. The van der Waals surface area contributed by atoms with Crippen molar-refractivity contribution in [3.05, 3.63) is 46.5 Å². The molecule has 3 aliphatic rings. The molecule has 1 unspecified atom stereocenters. The van der Waals surface area contributed by atoms with E-state index in [0.29, 0.717) is 47.3 Å². The summed E-state index contributed by atoms with van der Waals surface area (Å²) < 4.78 is 21.6. The molecule has 180 valence electrons. The summed E-state index contributed by atoms with van der Waals surface area (Å²) in [6.45, 7) is 3.90. The molecule has 5 rings (SSSR count). The van der Waals surface area contributed by atoms with Crippen LogP contribution >= 0.6 is 11.6 Å². The second-order valence-corrected chi connectivity index (χ2v) is 8.72. The number of fused-ring (bicyclic) bond motifs is 1. The number of piperazine rings is 1. The van der Waals surface area contributed by atoms with Gasteiger partial charge in [0.15, 0.2) is 11.5 Å². The van der Waals surface area contributed by atoms with Crippen LogP contribution in [0.5, 0.6) is 23.0 Å². The molecule has 9 nitrogen and oxygen atoms in total. The minimum Gasteiger partial charge on any atom is -0.496 e. The van der Waals surface area contributed by atoms with Crippen molar-refractivity contribution in [2.45, 2.75) is 19.1 Å². The fourth-order valence-corrected chi connectivity index (χ4v) is 4.62. The van der Waals surface area contributed by atoms with Crippen LogP contribution in [0.2, 0.25) is 5.02 Å². The van der Waals surface area contributed by atoms with E-state index in [9.17, 15) is 4.79 Å². The molecular weight excluding hydrogens is 462 g/mol. The lowest BCUT2D eigenvalue weighted by Gasteiger charge is -2.35. The maximum atomic E-state index is 13.1. The van der Waals surface area contributed by atoms with Gasteiger partial charge in [-0.1, -0.05) is 22.8 Å². The lowest BCUT2D eigenvalue weighted by Crippen LogP contribution is -2.51. The predicted molar refractivity (Wildman–Crippen MR) is 125 cm³/mol. The molecule has 0 bridgehead atoms. The zero-order chi connectivity index (χ0) is 23.7. The van der Waals surface area contributed by atoms with E-state index in [-0.39, 0.29) is 12.7 Å². The fraction of sp³-hybridized carbons (Fsp3) is 0.417. The number of carbonyl (C=O) groups excluding carboxylic acids is 1. The molecule has 34 heavy (non-hydrogen) atoms. The molecule has 3 heterocycles. The lowest BCUT2D eigenvalue weighted by molar-refractivity contribution is -0.143. The predicted octanol–water partition coefficient (Wildman–Crippen LogP) is 2.92. The van der Waals surface area contributed by atoms with Crippen LogP contribution in [0.3, 0.4) is 0 Å². The minimum absolute atomic E-state index is 0.0555. The van der Waals surface area contributed by atoms with Gasteiger partial charge in [0.2, 0.25) is 12.9 Å². The third-order valence-corrected chi connectivity index (χ3v) is 6.55. The molecule has 1 saturated heterocycles. The van der Waals surface area contributed by atoms with Gasteiger partial charge < -0.3 is 28.7 Å². The van der Waals surface area contributed by atoms with Crippen LogP contribution in [-0.2, 0) is 16.2 Å². The molecule has 2 aromatic carbocycles. The van der Waals surface area contributed by atoms with E-state index >= 15 is 0 Å². The number of ether oxygens (including phenoxy) is 4. The summed E-state index contributed by atoms with van der Waals surface area (Å²) in [5, 5.41) is 4.60. The smallest absolute Gasteiger partial charge is 0.266 e. The minimum atomic E-state index is -0.652. The first-order valence-corrected chi connectivity index (χ1v) is 11.5. The van der Waals surface area contributed by atoms with Crippen LogP contribution in [0.25, 0.3) is 0 Å². The van der Waals surface area contributed by atoms with Crippen molar-refractivity contribution >= 4 is 23.2 Å². The average Bonchev–Trinajstić information content (AvgIpc) is 3.53. The molecule has 0 aliphatic carbocycles. The first-order valence-electron chi connectivity index (χ1n) is 11.1. The molecule has 1 atom stereocenters. The second-order valence-electron chi connectivity index (χ2n) is 8.31. The topological polar surface area (TPSA) is 82.1 Å². The summed E-state index contributed by atoms with van der Waals surface area (Å²) in [6, 6.07) is 9.44.